The number of benzene rings is 9. The summed E-state index contributed by atoms with van der Waals surface area (Å²) in [4.78, 5) is 14.9. The molecule has 2 aliphatic heterocycles. The van der Waals surface area contributed by atoms with E-state index in [1.807, 2.05) is 0 Å². The summed E-state index contributed by atoms with van der Waals surface area (Å²) < 4.78 is 2.47. The van der Waals surface area contributed by atoms with Gasteiger partial charge in [-0.2, -0.15) is 0 Å². The van der Waals surface area contributed by atoms with Gasteiger partial charge < -0.3 is 14.4 Å². The van der Waals surface area contributed by atoms with Crippen LogP contribution in [0.2, 0.25) is 0 Å². The van der Waals surface area contributed by atoms with E-state index in [0.29, 0.717) is 0 Å². The van der Waals surface area contributed by atoms with Crippen LogP contribution in [0.15, 0.2) is 212 Å². The highest BCUT2D eigenvalue weighted by molar-refractivity contribution is 6.16. The molecule has 3 aromatic heterocycles. The topological polar surface area (TPSA) is 37.2 Å². The number of hydrogen-bond acceptors (Lipinski definition) is 4. The number of anilines is 6. The molecule has 350 valence electrons. The highest BCUT2D eigenvalue weighted by atomic mass is 15.2. The van der Waals surface area contributed by atoms with Gasteiger partial charge >= 0.3 is 0 Å². The standard InChI is InChI=1S/C68H53N5/c1-42-34-48(35-43(2)69-42)68(49-36-44(3)70-45(4)37-49)56-27-13-16-30-62(56)72(63-31-17-14-28-57(63)68)59-32-18-25-52-51(59)24-19-33-60(52)73-61-29-15-12-26-55(61)67(5,6)58-40-54-53-38-46-20-10-11-21-47(46)39-64(53)71(65(54)41-66(58)73)50-22-8-7-9-23-50/h7-41H,1-6H3. The number of aromatic nitrogens is 3. The monoisotopic (exact) mass is 939 g/mol. The molecule has 5 heterocycles. The first kappa shape index (κ1) is 43.0. The zero-order valence-electron chi connectivity index (χ0n) is 41.9. The average Bonchev–Trinajstić information content (AvgIpc) is 3.71. The van der Waals surface area contributed by atoms with E-state index in [-0.39, 0.29) is 5.41 Å². The molecule has 5 nitrogen and oxygen atoms in total. The van der Waals surface area contributed by atoms with Gasteiger partial charge in [0.25, 0.3) is 0 Å². The molecule has 0 saturated heterocycles. The van der Waals surface area contributed by atoms with Crippen molar-refractivity contribution in [3.05, 3.63) is 268 Å². The molecule has 0 aliphatic carbocycles. The van der Waals surface area contributed by atoms with Crippen molar-refractivity contribution in [2.75, 3.05) is 9.80 Å². The summed E-state index contributed by atoms with van der Waals surface area (Å²) in [6, 6.07) is 79.4. The van der Waals surface area contributed by atoms with Gasteiger partial charge in [0.2, 0.25) is 0 Å². The van der Waals surface area contributed by atoms with E-state index in [0.717, 1.165) is 51.2 Å². The Morgan fingerprint density at radius 1 is 0.329 bits per heavy atom. The van der Waals surface area contributed by atoms with Crippen LogP contribution in [0, 0.1) is 27.7 Å². The lowest BCUT2D eigenvalue weighted by Crippen LogP contribution is -2.38. The molecule has 73 heavy (non-hydrogen) atoms. The van der Waals surface area contributed by atoms with E-state index in [9.17, 15) is 0 Å². The normalized spacial score (nSPS) is 14.3. The average molecular weight is 940 g/mol. The van der Waals surface area contributed by atoms with Crippen molar-refractivity contribution in [1.29, 1.82) is 0 Å². The molecule has 0 atom stereocenters. The molecule has 0 N–H and O–H groups in total. The van der Waals surface area contributed by atoms with Crippen molar-refractivity contribution < 1.29 is 0 Å². The van der Waals surface area contributed by atoms with Gasteiger partial charge in [-0.1, -0.05) is 135 Å². The molecule has 12 aromatic rings. The highest BCUT2D eigenvalue weighted by Gasteiger charge is 2.47. The number of pyridine rings is 2. The van der Waals surface area contributed by atoms with Crippen LogP contribution in [0.4, 0.5) is 34.1 Å². The number of hydrogen-bond donors (Lipinski definition) is 0. The first-order valence-corrected chi connectivity index (χ1v) is 25.5. The number of rotatable bonds is 5. The van der Waals surface area contributed by atoms with E-state index in [2.05, 4.69) is 268 Å². The van der Waals surface area contributed by atoms with Crippen molar-refractivity contribution in [3.63, 3.8) is 0 Å². The summed E-state index contributed by atoms with van der Waals surface area (Å²) in [6.45, 7) is 13.2. The molecule has 2 aliphatic rings. The summed E-state index contributed by atoms with van der Waals surface area (Å²) in [6.07, 6.45) is 0. The fourth-order valence-electron chi connectivity index (χ4n) is 13.1. The fraction of sp³-hybridized carbons (Fsp3) is 0.118. The summed E-state index contributed by atoms with van der Waals surface area (Å²) in [5.41, 5.74) is 20.9. The third kappa shape index (κ3) is 6.21. The lowest BCUT2D eigenvalue weighted by atomic mass is 9.62. The van der Waals surface area contributed by atoms with Crippen molar-refractivity contribution in [2.24, 2.45) is 0 Å². The predicted octanol–water partition coefficient (Wildman–Crippen LogP) is 17.4. The molecule has 9 aromatic carbocycles. The minimum atomic E-state index is -0.662. The largest absolute Gasteiger partial charge is 0.309 e. The molecule has 0 saturated carbocycles. The van der Waals surface area contributed by atoms with Crippen molar-refractivity contribution >= 4 is 77.5 Å². The molecule has 0 radical (unpaired) electrons. The second-order valence-corrected chi connectivity index (χ2v) is 20.8. The molecule has 5 heteroatoms. The van der Waals surface area contributed by atoms with Crippen LogP contribution in [-0.2, 0) is 10.8 Å². The number of aryl methyl sites for hydroxylation is 4. The minimum Gasteiger partial charge on any atom is -0.309 e. The summed E-state index contributed by atoms with van der Waals surface area (Å²) >= 11 is 0. The highest BCUT2D eigenvalue weighted by Crippen LogP contribution is 2.60. The lowest BCUT2D eigenvalue weighted by Gasteiger charge is -2.47. The molecular weight excluding hydrogens is 887 g/mol. The Morgan fingerprint density at radius 2 is 0.753 bits per heavy atom. The maximum atomic E-state index is 4.91. The Bertz CT molecular complexity index is 4110. The van der Waals surface area contributed by atoms with Crippen LogP contribution in [0.1, 0.15) is 70.0 Å². The maximum Gasteiger partial charge on any atom is 0.0744 e. The molecule has 14 rings (SSSR count). The number of para-hydroxylation sites is 4. The first-order chi connectivity index (χ1) is 35.6. The van der Waals surface area contributed by atoms with Crippen molar-refractivity contribution in [1.82, 2.24) is 14.5 Å². The predicted molar refractivity (Wildman–Crippen MR) is 304 cm³/mol. The van der Waals surface area contributed by atoms with Crippen LogP contribution in [-0.4, -0.2) is 14.5 Å². The van der Waals surface area contributed by atoms with E-state index in [1.54, 1.807) is 0 Å². The Labute approximate surface area is 426 Å². The van der Waals surface area contributed by atoms with E-state index in [1.165, 1.54) is 88.1 Å². The molecule has 0 bridgehead atoms. The molecule has 0 amide bonds. The molecule has 0 fully saturated rings. The van der Waals surface area contributed by atoms with E-state index < -0.39 is 5.41 Å². The van der Waals surface area contributed by atoms with Crippen LogP contribution in [0.25, 0.3) is 49.0 Å². The van der Waals surface area contributed by atoms with Gasteiger partial charge in [0.15, 0.2) is 0 Å². The van der Waals surface area contributed by atoms with Gasteiger partial charge in [0.1, 0.15) is 0 Å². The van der Waals surface area contributed by atoms with Crippen molar-refractivity contribution in [3.8, 4) is 5.69 Å². The van der Waals surface area contributed by atoms with Crippen LogP contribution >= 0.6 is 0 Å². The SMILES string of the molecule is Cc1cc(C2(c3cc(C)nc(C)c3)c3ccccc3N(c3cccc4c(N5c6ccccc6C(C)(C)c6cc7c8cc9ccccc9cc8n(-c8ccccc8)c7cc65)cccc34)c3ccccc32)cc(C)n1. The number of fused-ring (bicyclic) bond motifs is 9. The zero-order valence-corrected chi connectivity index (χ0v) is 41.9. The van der Waals surface area contributed by atoms with Gasteiger partial charge in [-0.25, -0.2) is 0 Å². The first-order valence-electron chi connectivity index (χ1n) is 25.5. The molecular formula is C68H53N5. The zero-order chi connectivity index (χ0) is 49.3. The van der Waals surface area contributed by atoms with Crippen molar-refractivity contribution in [2.45, 2.75) is 52.4 Å². The van der Waals surface area contributed by atoms with Crippen LogP contribution < -0.4 is 9.80 Å². The minimum absolute atomic E-state index is 0.296. The van der Waals surface area contributed by atoms with Gasteiger partial charge in [0.05, 0.1) is 50.6 Å². The van der Waals surface area contributed by atoms with Crippen LogP contribution in [0.3, 0.4) is 0 Å². The summed E-state index contributed by atoms with van der Waals surface area (Å²) in [7, 11) is 0. The quantitative estimate of drug-likeness (QED) is 0.172. The maximum absolute atomic E-state index is 4.91. The third-order valence-electron chi connectivity index (χ3n) is 16.0. The Kier molecular flexibility index (Phi) is 9.34. The molecule has 0 unspecified atom stereocenters. The van der Waals surface area contributed by atoms with Gasteiger partial charge in [0, 0.05) is 55.4 Å². The summed E-state index contributed by atoms with van der Waals surface area (Å²) in [5, 5.41) is 7.32. The number of nitrogens with zero attached hydrogens (tertiary/aromatic N) is 5. The van der Waals surface area contributed by atoms with Gasteiger partial charge in [-0.05, 0) is 163 Å². The summed E-state index contributed by atoms with van der Waals surface area (Å²) in [5.74, 6) is 0. The molecule has 0 spiro atoms. The smallest absolute Gasteiger partial charge is 0.0744 e. The fourth-order valence-corrected chi connectivity index (χ4v) is 13.1. The van der Waals surface area contributed by atoms with Crippen LogP contribution in [0.5, 0.6) is 0 Å². The Hall–Kier alpha value is -8.80. The third-order valence-corrected chi connectivity index (χ3v) is 16.0. The second kappa shape index (κ2) is 15.9. The second-order valence-electron chi connectivity index (χ2n) is 20.8. The Morgan fingerprint density at radius 3 is 1.32 bits per heavy atom. The van der Waals surface area contributed by atoms with E-state index in [4.69, 9.17) is 9.97 Å². The Balaban J connectivity index is 1.03. The van der Waals surface area contributed by atoms with E-state index >= 15 is 0 Å². The van der Waals surface area contributed by atoms with Gasteiger partial charge in [-0.3, -0.25) is 9.97 Å². The lowest BCUT2D eigenvalue weighted by molar-refractivity contribution is 0.633. The van der Waals surface area contributed by atoms with Gasteiger partial charge in [-0.15, -0.1) is 0 Å².